The first-order valence-electron chi connectivity index (χ1n) is 21.8. The Morgan fingerprint density at radius 1 is 0.968 bits per heavy atom. The lowest BCUT2D eigenvalue weighted by Gasteiger charge is -2.49. The highest BCUT2D eigenvalue weighted by molar-refractivity contribution is 5.73. The Morgan fingerprint density at radius 2 is 1.61 bits per heavy atom. The highest BCUT2D eigenvalue weighted by Gasteiger charge is 2.53. The van der Waals surface area contributed by atoms with Crippen LogP contribution >= 0.6 is 0 Å². The monoisotopic (exact) mass is 894 g/mol. The maximum Gasteiger partial charge on any atom is 0.418 e. The third kappa shape index (κ3) is 12.0. The SMILES string of the molecule is CCC1OC(=O)C(C)C(O[C@H]2C[C@@](C)(OC)[C@@H](O)[C@H](C)O2)C(C)C(O[C@@H]2O[C@H](C)C[C@H](N(C)C)[C@H]2Oc2cncc(C(F)(F)F)c2)C(C)(O)CC(C)CN(C)C(C)C(O)C1(C)O. The van der Waals surface area contributed by atoms with Crippen LogP contribution in [0.1, 0.15) is 100 Å². The number of aliphatic hydroxyl groups is 4. The van der Waals surface area contributed by atoms with Crippen molar-refractivity contribution in [3.63, 3.8) is 0 Å². The number of ether oxygens (including phenoxy) is 7. The molecule has 3 saturated heterocycles. The van der Waals surface area contributed by atoms with Crippen LogP contribution in [0.4, 0.5) is 13.2 Å². The summed E-state index contributed by atoms with van der Waals surface area (Å²) >= 11 is 0. The lowest BCUT2D eigenvalue weighted by Crippen LogP contribution is -2.61. The molecule has 15 nitrogen and oxygen atoms in total. The van der Waals surface area contributed by atoms with Crippen molar-refractivity contribution in [1.29, 1.82) is 0 Å². The molecular formula is C44H74F3N3O12. The van der Waals surface area contributed by atoms with E-state index in [-0.39, 0.29) is 30.9 Å². The molecule has 10 unspecified atom stereocenters. The third-order valence-corrected chi connectivity index (χ3v) is 13.5. The number of halogens is 3. The van der Waals surface area contributed by atoms with Crippen molar-refractivity contribution in [2.75, 3.05) is 34.8 Å². The van der Waals surface area contributed by atoms with E-state index in [0.29, 0.717) is 19.2 Å². The topological polar surface area (TPSA) is 182 Å². The van der Waals surface area contributed by atoms with Gasteiger partial charge in [0.2, 0.25) is 0 Å². The Balaban J connectivity index is 1.89. The minimum Gasteiger partial charge on any atom is -0.482 e. The van der Waals surface area contributed by atoms with Gasteiger partial charge in [-0.25, -0.2) is 0 Å². The van der Waals surface area contributed by atoms with E-state index in [1.165, 1.54) is 20.2 Å². The number of pyridine rings is 1. The zero-order chi connectivity index (χ0) is 46.9. The van der Waals surface area contributed by atoms with Gasteiger partial charge in [-0.1, -0.05) is 20.8 Å². The zero-order valence-electron chi connectivity index (χ0n) is 39.0. The average Bonchev–Trinajstić information content (AvgIpc) is 3.18. The van der Waals surface area contributed by atoms with Gasteiger partial charge >= 0.3 is 12.1 Å². The van der Waals surface area contributed by atoms with Crippen molar-refractivity contribution in [1.82, 2.24) is 14.8 Å². The van der Waals surface area contributed by atoms with E-state index >= 15 is 0 Å². The Kier molecular flexibility index (Phi) is 17.3. The van der Waals surface area contributed by atoms with Crippen LogP contribution in [0.25, 0.3) is 0 Å². The molecular weight excluding hydrogens is 819 g/mol. The third-order valence-electron chi connectivity index (χ3n) is 13.5. The summed E-state index contributed by atoms with van der Waals surface area (Å²) in [5.41, 5.74) is -5.70. The number of aliphatic hydroxyl groups excluding tert-OH is 2. The summed E-state index contributed by atoms with van der Waals surface area (Å²) in [6, 6.07) is -0.202. The molecule has 4 heterocycles. The van der Waals surface area contributed by atoms with E-state index < -0.39 is 120 Å². The second kappa shape index (κ2) is 20.5. The summed E-state index contributed by atoms with van der Waals surface area (Å²) in [6.07, 6.45) is -12.5. The zero-order valence-corrected chi connectivity index (χ0v) is 39.0. The number of hydrogen-bond acceptors (Lipinski definition) is 15. The van der Waals surface area contributed by atoms with Crippen molar-refractivity contribution < 1.29 is 71.5 Å². The second-order valence-corrected chi connectivity index (χ2v) is 19.2. The van der Waals surface area contributed by atoms with Crippen LogP contribution in [0.5, 0.6) is 5.75 Å². The van der Waals surface area contributed by atoms with Crippen LogP contribution in [0, 0.1) is 17.8 Å². The largest absolute Gasteiger partial charge is 0.482 e. The predicted molar refractivity (Wildman–Crippen MR) is 222 cm³/mol. The van der Waals surface area contributed by atoms with Crippen LogP contribution in [0.15, 0.2) is 18.5 Å². The molecule has 0 aromatic carbocycles. The Hall–Kier alpha value is -2.23. The van der Waals surface area contributed by atoms with Crippen molar-refractivity contribution in [2.24, 2.45) is 17.8 Å². The summed E-state index contributed by atoms with van der Waals surface area (Å²) in [4.78, 5) is 22.0. The van der Waals surface area contributed by atoms with Gasteiger partial charge in [-0.15, -0.1) is 0 Å². The maximum atomic E-state index is 14.4. The van der Waals surface area contributed by atoms with Gasteiger partial charge in [-0.05, 0) is 101 Å². The van der Waals surface area contributed by atoms with E-state index in [2.05, 4.69) is 4.98 Å². The van der Waals surface area contributed by atoms with E-state index in [9.17, 15) is 38.4 Å². The summed E-state index contributed by atoms with van der Waals surface area (Å²) < 4.78 is 86.0. The van der Waals surface area contributed by atoms with Gasteiger partial charge in [0, 0.05) is 38.2 Å². The lowest BCUT2D eigenvalue weighted by molar-refractivity contribution is -0.316. The molecule has 62 heavy (non-hydrogen) atoms. The van der Waals surface area contributed by atoms with Gasteiger partial charge in [0.05, 0.1) is 59.3 Å². The van der Waals surface area contributed by atoms with E-state index in [1.807, 2.05) is 37.7 Å². The molecule has 1 aromatic rings. The van der Waals surface area contributed by atoms with Crippen LogP contribution in [-0.4, -0.2) is 166 Å². The summed E-state index contributed by atoms with van der Waals surface area (Å²) in [7, 11) is 6.89. The van der Waals surface area contributed by atoms with Crippen molar-refractivity contribution >= 4 is 5.97 Å². The van der Waals surface area contributed by atoms with E-state index in [4.69, 9.17) is 33.2 Å². The first kappa shape index (κ1) is 52.4. The molecule has 0 saturated carbocycles. The number of cyclic esters (lactones) is 1. The van der Waals surface area contributed by atoms with Crippen LogP contribution in [0.3, 0.4) is 0 Å². The fourth-order valence-corrected chi connectivity index (χ4v) is 9.64. The fraction of sp³-hybridized carbons (Fsp3) is 0.864. The van der Waals surface area contributed by atoms with Crippen molar-refractivity contribution in [2.45, 2.75) is 191 Å². The molecule has 0 spiro atoms. The number of hydrogen-bond donors (Lipinski definition) is 4. The van der Waals surface area contributed by atoms with Gasteiger partial charge < -0.3 is 63.4 Å². The first-order valence-corrected chi connectivity index (χ1v) is 21.8. The normalized spacial score (nSPS) is 43.7. The van der Waals surface area contributed by atoms with Crippen molar-refractivity contribution in [3.8, 4) is 5.75 Å². The molecule has 0 bridgehead atoms. The molecule has 0 radical (unpaired) electrons. The minimum atomic E-state index is -4.68. The predicted octanol–water partition coefficient (Wildman–Crippen LogP) is 4.40. The molecule has 4 N–H and O–H groups in total. The smallest absolute Gasteiger partial charge is 0.418 e. The van der Waals surface area contributed by atoms with Crippen molar-refractivity contribution in [3.05, 3.63) is 24.0 Å². The quantitative estimate of drug-likeness (QED) is 0.256. The summed E-state index contributed by atoms with van der Waals surface area (Å²) in [5, 5.41) is 47.3. The highest BCUT2D eigenvalue weighted by Crippen LogP contribution is 2.41. The minimum absolute atomic E-state index is 0.0519. The number of methoxy groups -OCH3 is 1. The molecule has 4 rings (SSSR count). The molecule has 3 aliphatic heterocycles. The van der Waals surface area contributed by atoms with Gasteiger partial charge in [-0.2, -0.15) is 13.2 Å². The fourth-order valence-electron chi connectivity index (χ4n) is 9.64. The second-order valence-electron chi connectivity index (χ2n) is 19.2. The van der Waals surface area contributed by atoms with Gasteiger partial charge in [0.25, 0.3) is 0 Å². The van der Waals surface area contributed by atoms with Gasteiger partial charge in [0.1, 0.15) is 29.7 Å². The molecule has 1 aromatic heterocycles. The number of esters is 1. The first-order chi connectivity index (χ1) is 28.6. The molecule has 3 aliphatic rings. The lowest BCUT2D eigenvalue weighted by atomic mass is 9.77. The molecule has 0 aliphatic carbocycles. The number of rotatable bonds is 9. The van der Waals surface area contributed by atoms with Crippen LogP contribution in [-0.2, 0) is 39.4 Å². The number of carbonyl (C=O) groups is 1. The number of aromatic nitrogens is 1. The number of carbonyl (C=O) groups excluding carboxylic acids is 1. The van der Waals surface area contributed by atoms with Gasteiger partial charge in [0.15, 0.2) is 18.7 Å². The number of likely N-dealkylation sites (N-methyl/N-ethyl adjacent to an activating group) is 2. The highest BCUT2D eigenvalue weighted by atomic mass is 19.4. The summed E-state index contributed by atoms with van der Waals surface area (Å²) in [5.74, 6) is -3.22. The van der Waals surface area contributed by atoms with Gasteiger partial charge in [-0.3, -0.25) is 9.78 Å². The number of alkyl halides is 3. The standard InChI is InChI=1S/C44H74F3N3O12/c1-15-32-43(10,55)36(51)27(6)50(13)22-23(2)18-41(8,54)38(25(4)34(26(5)39(53)60-32)61-33-19-42(9,56-14)37(52)28(7)58-33)62-40-35(31(49(11)12)16-24(3)57-40)59-30-17-29(20-48-21-30)44(45,46)47/h17,20-21,23-28,31-38,40,51-52,54-55H,15-16,18-19,22H2,1-14H3/t23?,24-,25?,26?,27?,28+,31+,32?,33+,34?,35-,36?,37+,38?,40+,41?,42-,43?/m1/s1. The molecule has 0 amide bonds. The molecule has 18 atom stereocenters. The molecule has 3 fully saturated rings. The van der Waals surface area contributed by atoms with Crippen LogP contribution < -0.4 is 4.74 Å². The Labute approximate surface area is 365 Å². The maximum absolute atomic E-state index is 14.4. The average molecular weight is 894 g/mol. The Morgan fingerprint density at radius 3 is 2.19 bits per heavy atom. The number of nitrogens with zero attached hydrogens (tertiary/aromatic N) is 3. The molecule has 358 valence electrons. The van der Waals surface area contributed by atoms with E-state index in [0.717, 1.165) is 6.07 Å². The molecule has 18 heteroatoms. The van der Waals surface area contributed by atoms with Crippen LogP contribution in [0.2, 0.25) is 0 Å². The van der Waals surface area contributed by atoms with E-state index in [1.54, 1.807) is 55.5 Å². The Bertz CT molecular complexity index is 1610. The summed E-state index contributed by atoms with van der Waals surface area (Å²) in [6.45, 7) is 17.4.